The van der Waals surface area contributed by atoms with E-state index < -0.39 is 0 Å². The lowest BCUT2D eigenvalue weighted by Gasteiger charge is -2.10. The second-order valence-electron chi connectivity index (χ2n) is 5.86. The number of aryl methyl sites for hydroxylation is 1. The van der Waals surface area contributed by atoms with Crippen molar-refractivity contribution in [3.8, 4) is 0 Å². The van der Waals surface area contributed by atoms with E-state index in [2.05, 4.69) is 44.9 Å². The third kappa shape index (κ3) is 5.47. The molecule has 4 nitrogen and oxygen atoms in total. The quantitative estimate of drug-likeness (QED) is 0.646. The molecule has 0 aliphatic heterocycles. The number of rotatable bonds is 7. The van der Waals surface area contributed by atoms with Gasteiger partial charge in [0.25, 0.3) is 0 Å². The maximum Gasteiger partial charge on any atom is 0.224 e. The van der Waals surface area contributed by atoms with Gasteiger partial charge in [0.2, 0.25) is 5.95 Å². The van der Waals surface area contributed by atoms with Crippen LogP contribution in [-0.4, -0.2) is 16.5 Å². The molecule has 0 unspecified atom stereocenters. The fourth-order valence-corrected chi connectivity index (χ4v) is 2.62. The molecule has 0 aliphatic rings. The molecular formula is C20H21ClN4. The molecule has 0 spiro atoms. The first-order valence-corrected chi connectivity index (χ1v) is 8.68. The van der Waals surface area contributed by atoms with Gasteiger partial charge in [-0.2, -0.15) is 4.98 Å². The Labute approximate surface area is 153 Å². The van der Waals surface area contributed by atoms with E-state index in [1.165, 1.54) is 5.56 Å². The zero-order valence-corrected chi connectivity index (χ0v) is 14.9. The molecule has 0 bridgehead atoms. The normalized spacial score (nSPS) is 10.5. The molecule has 2 aromatic carbocycles. The highest BCUT2D eigenvalue weighted by atomic mass is 35.5. The van der Waals surface area contributed by atoms with Crippen LogP contribution in [0.1, 0.15) is 16.8 Å². The van der Waals surface area contributed by atoms with Gasteiger partial charge in [0, 0.05) is 29.9 Å². The van der Waals surface area contributed by atoms with Crippen LogP contribution in [0.5, 0.6) is 0 Å². The second kappa shape index (κ2) is 8.49. The van der Waals surface area contributed by atoms with Crippen LogP contribution in [0.15, 0.2) is 60.7 Å². The van der Waals surface area contributed by atoms with Crippen molar-refractivity contribution in [2.24, 2.45) is 0 Å². The molecule has 5 heteroatoms. The molecule has 0 saturated carbocycles. The van der Waals surface area contributed by atoms with Crippen molar-refractivity contribution in [3.05, 3.63) is 82.5 Å². The van der Waals surface area contributed by atoms with Crippen molar-refractivity contribution in [1.29, 1.82) is 0 Å². The Bertz CT molecular complexity index is 804. The first-order chi connectivity index (χ1) is 12.2. The van der Waals surface area contributed by atoms with Gasteiger partial charge >= 0.3 is 0 Å². The lowest BCUT2D eigenvalue weighted by Crippen LogP contribution is -2.10. The van der Waals surface area contributed by atoms with Crippen molar-refractivity contribution < 1.29 is 0 Å². The Kier molecular flexibility index (Phi) is 5.86. The third-order valence-corrected chi connectivity index (χ3v) is 4.03. The Morgan fingerprint density at radius 2 is 1.64 bits per heavy atom. The van der Waals surface area contributed by atoms with Crippen molar-refractivity contribution in [2.45, 2.75) is 19.9 Å². The number of nitrogens with one attached hydrogen (secondary N) is 2. The lowest BCUT2D eigenvalue weighted by atomic mass is 10.1. The van der Waals surface area contributed by atoms with Crippen LogP contribution in [0.25, 0.3) is 0 Å². The van der Waals surface area contributed by atoms with Gasteiger partial charge in [-0.05, 0) is 36.6 Å². The van der Waals surface area contributed by atoms with Crippen molar-refractivity contribution in [2.75, 3.05) is 17.2 Å². The highest BCUT2D eigenvalue weighted by Gasteiger charge is 2.03. The maximum atomic E-state index is 5.91. The third-order valence-electron chi connectivity index (χ3n) is 3.78. The van der Waals surface area contributed by atoms with Gasteiger partial charge in [0.15, 0.2) is 0 Å². The molecule has 0 aliphatic carbocycles. The van der Waals surface area contributed by atoms with E-state index in [1.807, 2.05) is 43.3 Å². The minimum absolute atomic E-state index is 0.648. The minimum atomic E-state index is 0.648. The fraction of sp³-hybridized carbons (Fsp3) is 0.200. The summed E-state index contributed by atoms with van der Waals surface area (Å²) in [4.78, 5) is 8.99. The molecule has 0 saturated heterocycles. The molecule has 0 atom stereocenters. The molecule has 3 aromatic rings. The molecular weight excluding hydrogens is 332 g/mol. The standard InChI is InChI=1S/C20H21ClN4/c1-15-13-19(23-14-17-7-9-18(21)10-8-17)25-20(24-15)22-12-11-16-5-3-2-4-6-16/h2-10,13H,11-12,14H2,1H3,(H2,22,23,24,25). The average molecular weight is 353 g/mol. The van der Waals surface area contributed by atoms with E-state index in [9.17, 15) is 0 Å². The van der Waals surface area contributed by atoms with E-state index in [0.717, 1.165) is 35.1 Å². The number of halogens is 1. The topological polar surface area (TPSA) is 49.8 Å². The fourth-order valence-electron chi connectivity index (χ4n) is 2.50. The van der Waals surface area contributed by atoms with Gasteiger partial charge in [-0.15, -0.1) is 0 Å². The molecule has 3 rings (SSSR count). The number of nitrogens with zero attached hydrogens (tertiary/aromatic N) is 2. The number of hydrogen-bond donors (Lipinski definition) is 2. The van der Waals surface area contributed by atoms with Crippen LogP contribution in [0, 0.1) is 6.92 Å². The number of benzene rings is 2. The summed E-state index contributed by atoms with van der Waals surface area (Å²) in [5, 5.41) is 7.38. The summed E-state index contributed by atoms with van der Waals surface area (Å²) in [6.45, 7) is 3.46. The minimum Gasteiger partial charge on any atom is -0.366 e. The van der Waals surface area contributed by atoms with Crippen molar-refractivity contribution in [1.82, 2.24) is 9.97 Å². The van der Waals surface area contributed by atoms with Crippen LogP contribution in [0.4, 0.5) is 11.8 Å². The van der Waals surface area contributed by atoms with E-state index in [1.54, 1.807) is 0 Å². The van der Waals surface area contributed by atoms with Crippen LogP contribution >= 0.6 is 11.6 Å². The molecule has 0 fully saturated rings. The molecule has 1 aromatic heterocycles. The van der Waals surface area contributed by atoms with Gasteiger partial charge in [-0.3, -0.25) is 0 Å². The summed E-state index contributed by atoms with van der Waals surface area (Å²) in [6.07, 6.45) is 0.936. The number of anilines is 2. The largest absolute Gasteiger partial charge is 0.366 e. The monoisotopic (exact) mass is 352 g/mol. The Hall–Kier alpha value is -2.59. The summed E-state index contributed by atoms with van der Waals surface area (Å²) >= 11 is 5.91. The van der Waals surface area contributed by atoms with Gasteiger partial charge in [0.1, 0.15) is 5.82 Å². The van der Waals surface area contributed by atoms with Crippen molar-refractivity contribution >= 4 is 23.4 Å². The molecule has 0 amide bonds. The lowest BCUT2D eigenvalue weighted by molar-refractivity contribution is 0.970. The summed E-state index contributed by atoms with van der Waals surface area (Å²) in [5.41, 5.74) is 3.37. The van der Waals surface area contributed by atoms with E-state index in [4.69, 9.17) is 11.6 Å². The number of aromatic nitrogens is 2. The smallest absolute Gasteiger partial charge is 0.224 e. The molecule has 25 heavy (non-hydrogen) atoms. The van der Waals surface area contributed by atoms with Gasteiger partial charge in [-0.25, -0.2) is 4.98 Å². The van der Waals surface area contributed by atoms with Crippen LogP contribution in [-0.2, 0) is 13.0 Å². The van der Waals surface area contributed by atoms with E-state index >= 15 is 0 Å². The first kappa shape index (κ1) is 17.2. The maximum absolute atomic E-state index is 5.91. The van der Waals surface area contributed by atoms with Gasteiger partial charge in [-0.1, -0.05) is 54.1 Å². The molecule has 0 radical (unpaired) electrons. The molecule has 1 heterocycles. The van der Waals surface area contributed by atoms with E-state index in [-0.39, 0.29) is 0 Å². The predicted molar refractivity (Wildman–Crippen MR) is 104 cm³/mol. The zero-order valence-electron chi connectivity index (χ0n) is 14.2. The zero-order chi connectivity index (χ0) is 17.5. The van der Waals surface area contributed by atoms with Crippen LogP contribution < -0.4 is 10.6 Å². The highest BCUT2D eigenvalue weighted by Crippen LogP contribution is 2.13. The Balaban J connectivity index is 1.57. The Morgan fingerprint density at radius 3 is 2.40 bits per heavy atom. The highest BCUT2D eigenvalue weighted by molar-refractivity contribution is 6.30. The first-order valence-electron chi connectivity index (χ1n) is 8.31. The second-order valence-corrected chi connectivity index (χ2v) is 6.30. The average Bonchev–Trinajstić information content (AvgIpc) is 2.62. The van der Waals surface area contributed by atoms with Crippen molar-refractivity contribution in [3.63, 3.8) is 0 Å². The predicted octanol–water partition coefficient (Wildman–Crippen LogP) is 4.71. The van der Waals surface area contributed by atoms with Crippen LogP contribution in [0.3, 0.4) is 0 Å². The molecule has 128 valence electrons. The SMILES string of the molecule is Cc1cc(NCc2ccc(Cl)cc2)nc(NCCc2ccccc2)n1. The summed E-state index contributed by atoms with van der Waals surface area (Å²) < 4.78 is 0. The Morgan fingerprint density at radius 1 is 0.880 bits per heavy atom. The summed E-state index contributed by atoms with van der Waals surface area (Å²) in [7, 11) is 0. The summed E-state index contributed by atoms with van der Waals surface area (Å²) in [6, 6.07) is 20.1. The van der Waals surface area contributed by atoms with Crippen LogP contribution in [0.2, 0.25) is 5.02 Å². The van der Waals surface area contributed by atoms with Gasteiger partial charge in [0.05, 0.1) is 0 Å². The summed E-state index contributed by atoms with van der Waals surface area (Å²) in [5.74, 6) is 1.46. The van der Waals surface area contributed by atoms with Gasteiger partial charge < -0.3 is 10.6 Å². The van der Waals surface area contributed by atoms with E-state index in [0.29, 0.717) is 12.5 Å². The number of hydrogen-bond acceptors (Lipinski definition) is 4. The molecule has 2 N–H and O–H groups in total.